The van der Waals surface area contributed by atoms with Crippen LogP contribution in [0.1, 0.15) is 23.3 Å². The van der Waals surface area contributed by atoms with Crippen molar-refractivity contribution in [3.05, 3.63) is 24.0 Å². The van der Waals surface area contributed by atoms with E-state index in [0.29, 0.717) is 18.7 Å². The molecule has 0 bridgehead atoms. The molecule has 1 aromatic heterocycles. The quantitative estimate of drug-likeness (QED) is 0.816. The third-order valence-corrected chi connectivity index (χ3v) is 2.77. The van der Waals surface area contributed by atoms with Crippen LogP contribution in [0.25, 0.3) is 0 Å². The number of pyridine rings is 1. The Bertz CT molecular complexity index is 512. The Kier molecular flexibility index (Phi) is 3.74. The molecule has 1 saturated heterocycles. The zero-order valence-corrected chi connectivity index (χ0v) is 10.1. The van der Waals surface area contributed by atoms with Crippen LogP contribution < -0.4 is 5.32 Å². The van der Waals surface area contributed by atoms with E-state index in [1.165, 1.54) is 23.2 Å². The van der Waals surface area contributed by atoms with E-state index < -0.39 is 5.97 Å². The number of hydrogen-bond donors (Lipinski definition) is 2. The highest BCUT2D eigenvalue weighted by Crippen LogP contribution is 2.10. The van der Waals surface area contributed by atoms with Crippen molar-refractivity contribution in [2.45, 2.75) is 12.8 Å². The molecule has 7 heteroatoms. The average molecular weight is 263 g/mol. The fourth-order valence-electron chi connectivity index (χ4n) is 1.84. The molecule has 1 aliphatic rings. The highest BCUT2D eigenvalue weighted by molar-refractivity contribution is 5.95. The lowest BCUT2D eigenvalue weighted by Crippen LogP contribution is -2.33. The number of carbonyl (C=O) groups is 3. The minimum absolute atomic E-state index is 0.0134. The van der Waals surface area contributed by atoms with Crippen LogP contribution >= 0.6 is 0 Å². The number of amides is 2. The fraction of sp³-hybridized carbons (Fsp3) is 0.333. The second-order valence-corrected chi connectivity index (χ2v) is 4.20. The maximum atomic E-state index is 11.7. The van der Waals surface area contributed by atoms with Gasteiger partial charge in [-0.1, -0.05) is 0 Å². The first-order valence-electron chi connectivity index (χ1n) is 5.83. The van der Waals surface area contributed by atoms with Gasteiger partial charge in [0.2, 0.25) is 11.8 Å². The molecule has 0 aromatic carbocycles. The number of likely N-dealkylation sites (tertiary alicyclic amines) is 1. The number of aromatic carboxylic acids is 1. The lowest BCUT2D eigenvalue weighted by atomic mass is 10.3. The number of carboxylic acid groups (broad SMARTS) is 1. The van der Waals surface area contributed by atoms with Crippen LogP contribution in [0.3, 0.4) is 0 Å². The number of hydrogen-bond acceptors (Lipinski definition) is 4. The first-order chi connectivity index (χ1) is 9.06. The topological polar surface area (TPSA) is 99.6 Å². The summed E-state index contributed by atoms with van der Waals surface area (Å²) in [6, 6.07) is 2.76. The molecule has 1 fully saturated rings. The minimum atomic E-state index is -1.12. The standard InChI is InChI=1S/C12H13N3O4/c16-10(7-15-5-1-2-11(15)17)14-8-3-4-9(12(18)19)13-6-8/h3-4,6H,1-2,5,7H2,(H,14,16)(H,18,19). The minimum Gasteiger partial charge on any atom is -0.477 e. The van der Waals surface area contributed by atoms with Crippen molar-refractivity contribution in [3.8, 4) is 0 Å². The normalized spacial score (nSPS) is 14.5. The molecule has 2 N–H and O–H groups in total. The van der Waals surface area contributed by atoms with Crippen LogP contribution in [0.15, 0.2) is 18.3 Å². The number of carbonyl (C=O) groups excluding carboxylic acids is 2. The Labute approximate surface area is 109 Å². The summed E-state index contributed by atoms with van der Waals surface area (Å²) in [6.45, 7) is 0.613. The molecule has 100 valence electrons. The number of carboxylic acids is 1. The average Bonchev–Trinajstić information content (AvgIpc) is 2.75. The third-order valence-electron chi connectivity index (χ3n) is 2.77. The molecule has 2 amide bonds. The van der Waals surface area contributed by atoms with Gasteiger partial charge in [0.15, 0.2) is 0 Å². The Morgan fingerprint density at radius 1 is 1.42 bits per heavy atom. The van der Waals surface area contributed by atoms with Crippen LogP contribution in [0, 0.1) is 0 Å². The second-order valence-electron chi connectivity index (χ2n) is 4.20. The number of aromatic nitrogens is 1. The van der Waals surface area contributed by atoms with Gasteiger partial charge in [-0.05, 0) is 18.6 Å². The molecule has 2 heterocycles. The number of nitrogens with zero attached hydrogens (tertiary/aromatic N) is 2. The molecule has 1 aliphatic heterocycles. The Morgan fingerprint density at radius 2 is 2.21 bits per heavy atom. The first kappa shape index (κ1) is 13.0. The van der Waals surface area contributed by atoms with E-state index in [1.54, 1.807) is 0 Å². The van der Waals surface area contributed by atoms with Gasteiger partial charge < -0.3 is 15.3 Å². The molecule has 19 heavy (non-hydrogen) atoms. The molecular formula is C12H13N3O4. The first-order valence-corrected chi connectivity index (χ1v) is 5.83. The van der Waals surface area contributed by atoms with Gasteiger partial charge >= 0.3 is 5.97 Å². The van der Waals surface area contributed by atoms with E-state index in [-0.39, 0.29) is 24.1 Å². The second kappa shape index (κ2) is 5.47. The van der Waals surface area contributed by atoms with Gasteiger partial charge in [0.1, 0.15) is 5.69 Å². The summed E-state index contributed by atoms with van der Waals surface area (Å²) >= 11 is 0. The summed E-state index contributed by atoms with van der Waals surface area (Å²) in [5, 5.41) is 11.2. The fourth-order valence-corrected chi connectivity index (χ4v) is 1.84. The monoisotopic (exact) mass is 263 g/mol. The highest BCUT2D eigenvalue weighted by Gasteiger charge is 2.22. The Morgan fingerprint density at radius 3 is 2.74 bits per heavy atom. The van der Waals surface area contributed by atoms with Crippen molar-refractivity contribution in [1.82, 2.24) is 9.88 Å². The molecule has 2 rings (SSSR count). The molecule has 0 atom stereocenters. The van der Waals surface area contributed by atoms with E-state index >= 15 is 0 Å². The summed E-state index contributed by atoms with van der Waals surface area (Å²) in [7, 11) is 0. The van der Waals surface area contributed by atoms with E-state index in [9.17, 15) is 14.4 Å². The maximum Gasteiger partial charge on any atom is 0.354 e. The van der Waals surface area contributed by atoms with Gasteiger partial charge in [-0.2, -0.15) is 0 Å². The Balaban J connectivity index is 1.91. The van der Waals surface area contributed by atoms with Gasteiger partial charge in [-0.25, -0.2) is 9.78 Å². The summed E-state index contributed by atoms with van der Waals surface area (Å²) in [5.74, 6) is -1.46. The highest BCUT2D eigenvalue weighted by atomic mass is 16.4. The van der Waals surface area contributed by atoms with Crippen molar-refractivity contribution in [3.63, 3.8) is 0 Å². The summed E-state index contributed by atoms with van der Waals surface area (Å²) in [5.41, 5.74) is 0.314. The van der Waals surface area contributed by atoms with Crippen molar-refractivity contribution in [2.24, 2.45) is 0 Å². The van der Waals surface area contributed by atoms with E-state index in [2.05, 4.69) is 10.3 Å². The summed E-state index contributed by atoms with van der Waals surface area (Å²) in [4.78, 5) is 38.8. The maximum absolute atomic E-state index is 11.7. The predicted octanol–water partition coefficient (Wildman–Crippen LogP) is 0.341. The zero-order valence-electron chi connectivity index (χ0n) is 10.1. The molecule has 0 aliphatic carbocycles. The largest absolute Gasteiger partial charge is 0.477 e. The Hall–Kier alpha value is -2.44. The van der Waals surface area contributed by atoms with E-state index in [4.69, 9.17) is 5.11 Å². The van der Waals surface area contributed by atoms with Gasteiger partial charge in [-0.15, -0.1) is 0 Å². The van der Waals surface area contributed by atoms with Crippen LogP contribution in [-0.4, -0.2) is 45.9 Å². The predicted molar refractivity (Wildman–Crippen MR) is 65.6 cm³/mol. The number of rotatable bonds is 4. The lowest BCUT2D eigenvalue weighted by Gasteiger charge is -2.14. The van der Waals surface area contributed by atoms with E-state index in [0.717, 1.165) is 6.42 Å². The summed E-state index contributed by atoms with van der Waals surface area (Å²) in [6.07, 6.45) is 2.54. The van der Waals surface area contributed by atoms with Crippen LogP contribution in [0.4, 0.5) is 5.69 Å². The number of nitrogens with one attached hydrogen (secondary N) is 1. The van der Waals surface area contributed by atoms with E-state index in [1.807, 2.05) is 0 Å². The van der Waals surface area contributed by atoms with Crippen LogP contribution in [-0.2, 0) is 9.59 Å². The van der Waals surface area contributed by atoms with Gasteiger partial charge in [0.05, 0.1) is 18.4 Å². The molecule has 7 nitrogen and oxygen atoms in total. The molecular weight excluding hydrogens is 250 g/mol. The lowest BCUT2D eigenvalue weighted by molar-refractivity contribution is -0.131. The van der Waals surface area contributed by atoms with Gasteiger partial charge in [-0.3, -0.25) is 9.59 Å². The smallest absolute Gasteiger partial charge is 0.354 e. The van der Waals surface area contributed by atoms with Crippen molar-refractivity contribution >= 4 is 23.5 Å². The molecule has 0 spiro atoms. The molecule has 1 aromatic rings. The summed E-state index contributed by atoms with van der Waals surface area (Å²) < 4.78 is 0. The SMILES string of the molecule is O=C(CN1CCCC1=O)Nc1ccc(C(=O)O)nc1. The molecule has 0 saturated carbocycles. The van der Waals surface area contributed by atoms with Gasteiger partial charge in [0, 0.05) is 13.0 Å². The van der Waals surface area contributed by atoms with Gasteiger partial charge in [0.25, 0.3) is 0 Å². The number of anilines is 1. The van der Waals surface area contributed by atoms with Crippen molar-refractivity contribution < 1.29 is 19.5 Å². The molecule has 0 radical (unpaired) electrons. The van der Waals surface area contributed by atoms with Crippen molar-refractivity contribution in [1.29, 1.82) is 0 Å². The zero-order chi connectivity index (χ0) is 13.8. The van der Waals surface area contributed by atoms with Crippen LogP contribution in [0.5, 0.6) is 0 Å². The van der Waals surface area contributed by atoms with Crippen molar-refractivity contribution in [2.75, 3.05) is 18.4 Å². The molecule has 0 unspecified atom stereocenters. The third kappa shape index (κ3) is 3.27. The van der Waals surface area contributed by atoms with Crippen LogP contribution in [0.2, 0.25) is 0 Å².